The fraction of sp³-hybridized carbons (Fsp3) is 0.571. The molecule has 1 fully saturated rings. The van der Waals surface area contributed by atoms with E-state index in [9.17, 15) is 24.6 Å². The summed E-state index contributed by atoms with van der Waals surface area (Å²) >= 11 is 0. The van der Waals surface area contributed by atoms with E-state index in [1.54, 1.807) is 0 Å². The van der Waals surface area contributed by atoms with Gasteiger partial charge in [0.25, 0.3) is 0 Å². The number of carboxylic acid groups (broad SMARTS) is 2. The average molecular weight is 442 g/mol. The maximum atomic E-state index is 13.1. The molecular formula is C21H32ClN3O5. The number of carbonyl (C=O) groups is 3. The number of carbonyl (C=O) groups excluding carboxylic acids is 1. The lowest BCUT2D eigenvalue weighted by molar-refractivity contribution is -0.149. The number of hydrogen-bond donors (Lipinski definition) is 4. The van der Waals surface area contributed by atoms with Crippen LogP contribution in [0.3, 0.4) is 0 Å². The molecule has 1 saturated heterocycles. The third kappa shape index (κ3) is 7.59. The average Bonchev–Trinajstić information content (AvgIpc) is 3.20. The highest BCUT2D eigenvalue weighted by Gasteiger charge is 2.38. The maximum Gasteiger partial charge on any atom is 1.00 e. The Balaban J connectivity index is 0.00000450. The molecular weight excluding hydrogens is 410 g/mol. The molecule has 0 radical (unpaired) electrons. The van der Waals surface area contributed by atoms with E-state index in [0.29, 0.717) is 51.6 Å². The maximum absolute atomic E-state index is 13.1. The number of nitrogens with two attached hydrogens (primary N) is 1. The van der Waals surface area contributed by atoms with Crippen LogP contribution in [0.15, 0.2) is 30.3 Å². The molecule has 0 bridgehead atoms. The van der Waals surface area contributed by atoms with Gasteiger partial charge in [0.05, 0.1) is 6.04 Å². The number of carboxylic acids is 2. The minimum atomic E-state index is -1.02. The van der Waals surface area contributed by atoms with Crippen molar-refractivity contribution in [3.63, 3.8) is 0 Å². The second kappa shape index (κ2) is 13.2. The smallest absolute Gasteiger partial charge is 1.00 e. The molecule has 1 aliphatic heterocycles. The molecule has 0 aliphatic carbocycles. The summed E-state index contributed by atoms with van der Waals surface area (Å²) in [5.74, 6) is -2.37. The summed E-state index contributed by atoms with van der Waals surface area (Å²) in [7, 11) is 0. The molecule has 30 heavy (non-hydrogen) atoms. The van der Waals surface area contributed by atoms with Gasteiger partial charge in [-0.15, -0.1) is 0 Å². The number of nitrogens with zero attached hydrogens (tertiary/aromatic N) is 1. The van der Waals surface area contributed by atoms with E-state index < -0.39 is 30.1 Å². The normalized spacial score (nSPS) is 17.8. The third-order valence-corrected chi connectivity index (χ3v) is 5.33. The molecule has 3 atom stereocenters. The lowest BCUT2D eigenvalue weighted by atomic mass is 10.0. The van der Waals surface area contributed by atoms with Gasteiger partial charge in [0.15, 0.2) is 0 Å². The molecule has 9 heteroatoms. The van der Waals surface area contributed by atoms with E-state index in [-0.39, 0.29) is 19.7 Å². The zero-order valence-corrected chi connectivity index (χ0v) is 17.8. The summed E-state index contributed by atoms with van der Waals surface area (Å²) in [5, 5.41) is 22.0. The van der Waals surface area contributed by atoms with Gasteiger partial charge in [-0.2, -0.15) is 0 Å². The number of hydrogen-bond acceptors (Lipinski definition) is 5. The number of aliphatic carboxylic acids is 2. The standard InChI is InChI=1S/C21H31N3O5.ClH/c22-13-5-4-9-16(19(25)24-14-6-10-18(24)21(28)29)23-17(20(26)27)12-11-15-7-2-1-3-8-15;/h1-3,7-8,16-18,23H,4-6,9-14,22H2,(H,26,27)(H,28,29);1H/t16-,17-,18-;/m0./s1. The molecule has 2 rings (SSSR count). The van der Waals surface area contributed by atoms with Gasteiger partial charge in [0.2, 0.25) is 5.91 Å². The highest BCUT2D eigenvalue weighted by molar-refractivity contribution is 5.88. The van der Waals surface area contributed by atoms with Crippen molar-refractivity contribution in [3.8, 4) is 0 Å². The Morgan fingerprint density at radius 3 is 2.43 bits per heavy atom. The number of benzene rings is 1. The summed E-state index contributed by atoms with van der Waals surface area (Å²) in [6.45, 7) is 0.866. The molecule has 1 amide bonds. The first kappa shape index (κ1) is 25.9. The van der Waals surface area contributed by atoms with Gasteiger partial charge in [-0.05, 0) is 50.6 Å². The lowest BCUT2D eigenvalue weighted by Gasteiger charge is -2.29. The first-order chi connectivity index (χ1) is 13.9. The van der Waals surface area contributed by atoms with Crippen molar-refractivity contribution in [1.82, 2.24) is 10.2 Å². The number of amides is 1. The first-order valence-corrected chi connectivity index (χ1v) is 10.2. The highest BCUT2D eigenvalue weighted by atomic mass is 35.5. The first-order valence-electron chi connectivity index (χ1n) is 10.2. The van der Waals surface area contributed by atoms with Crippen molar-refractivity contribution in [1.29, 1.82) is 0 Å². The molecule has 0 saturated carbocycles. The number of likely N-dealkylation sites (tertiary alicyclic amines) is 1. The Labute approximate surface area is 184 Å². The van der Waals surface area contributed by atoms with E-state index in [4.69, 9.17) is 5.73 Å². The Hall–Kier alpha value is -2.16. The summed E-state index contributed by atoms with van der Waals surface area (Å²) in [6, 6.07) is 7.10. The van der Waals surface area contributed by atoms with Crippen molar-refractivity contribution in [2.24, 2.45) is 5.73 Å². The Kier molecular flexibility index (Phi) is 11.4. The molecule has 1 aliphatic rings. The van der Waals surface area contributed by atoms with Gasteiger partial charge in [-0.3, -0.25) is 14.9 Å². The van der Waals surface area contributed by atoms with Crippen LogP contribution in [0.25, 0.3) is 0 Å². The Morgan fingerprint density at radius 2 is 1.83 bits per heavy atom. The summed E-state index contributed by atoms with van der Waals surface area (Å²) in [4.78, 5) is 37.7. The second-order valence-electron chi connectivity index (χ2n) is 7.45. The topological polar surface area (TPSA) is 133 Å². The predicted molar refractivity (Wildman–Crippen MR) is 109 cm³/mol. The van der Waals surface area contributed by atoms with Crippen LogP contribution in [0.2, 0.25) is 0 Å². The molecule has 5 N–H and O–H groups in total. The number of unbranched alkanes of at least 4 members (excludes halogenated alkanes) is 1. The highest BCUT2D eigenvalue weighted by Crippen LogP contribution is 2.20. The Morgan fingerprint density at radius 1 is 1.13 bits per heavy atom. The van der Waals surface area contributed by atoms with Gasteiger partial charge in [-0.1, -0.05) is 36.8 Å². The van der Waals surface area contributed by atoms with E-state index in [2.05, 4.69) is 5.32 Å². The van der Waals surface area contributed by atoms with Crippen LogP contribution in [-0.4, -0.2) is 64.2 Å². The molecule has 8 nitrogen and oxygen atoms in total. The fourth-order valence-electron chi connectivity index (χ4n) is 3.73. The van der Waals surface area contributed by atoms with E-state index in [1.807, 2.05) is 30.3 Å². The van der Waals surface area contributed by atoms with Crippen molar-refractivity contribution in [2.45, 2.75) is 63.1 Å². The molecule has 1 aromatic carbocycles. The molecule has 1 heterocycles. The second-order valence-corrected chi connectivity index (χ2v) is 7.45. The van der Waals surface area contributed by atoms with Crippen LogP contribution in [0.4, 0.5) is 0 Å². The zero-order valence-electron chi connectivity index (χ0n) is 18.0. The van der Waals surface area contributed by atoms with Crippen LogP contribution in [0.1, 0.15) is 45.5 Å². The van der Waals surface area contributed by atoms with Gasteiger partial charge < -0.3 is 33.3 Å². The quantitative estimate of drug-likeness (QED) is 0.286. The van der Waals surface area contributed by atoms with Crippen molar-refractivity contribution in [2.75, 3.05) is 13.1 Å². The van der Waals surface area contributed by atoms with Crippen LogP contribution in [-0.2, 0) is 20.8 Å². The zero-order chi connectivity index (χ0) is 21.2. The van der Waals surface area contributed by atoms with Gasteiger partial charge in [-0.25, -0.2) is 4.79 Å². The monoisotopic (exact) mass is 441 g/mol. The van der Waals surface area contributed by atoms with Crippen molar-refractivity contribution >= 4 is 17.8 Å². The van der Waals surface area contributed by atoms with Crippen molar-refractivity contribution in [3.05, 3.63) is 35.9 Å². The Bertz CT molecular complexity index is 695. The van der Waals surface area contributed by atoms with Crippen LogP contribution in [0, 0.1) is 0 Å². The van der Waals surface area contributed by atoms with Crippen molar-refractivity contribution < 1.29 is 38.4 Å². The van der Waals surface area contributed by atoms with Gasteiger partial charge in [0, 0.05) is 6.54 Å². The molecule has 0 aromatic heterocycles. The largest absolute Gasteiger partial charge is 1.00 e. The molecule has 0 spiro atoms. The number of aryl methyl sites for hydroxylation is 1. The summed E-state index contributed by atoms with van der Waals surface area (Å²) in [6.07, 6.45) is 3.76. The van der Waals surface area contributed by atoms with Crippen LogP contribution < -0.4 is 23.5 Å². The number of rotatable bonds is 12. The molecule has 1 aromatic rings. The molecule has 168 valence electrons. The third-order valence-electron chi connectivity index (χ3n) is 5.33. The predicted octanol–water partition coefficient (Wildman–Crippen LogP) is -1.65. The summed E-state index contributed by atoms with van der Waals surface area (Å²) < 4.78 is 0. The SMILES string of the molecule is NCCCC[C@H](N[C@@H](CCc1ccccc1)C(=O)O)C(=O)N1CCC[C@H]1C(=O)O.[Cl-].[H+]. The van der Waals surface area contributed by atoms with E-state index in [0.717, 1.165) is 12.0 Å². The minimum Gasteiger partial charge on any atom is -1.00 e. The molecule has 0 unspecified atom stereocenters. The van der Waals surface area contributed by atoms with Gasteiger partial charge in [0.1, 0.15) is 12.1 Å². The number of nitrogens with one attached hydrogen (secondary N) is 1. The summed E-state index contributed by atoms with van der Waals surface area (Å²) in [5.41, 5.74) is 6.57. The van der Waals surface area contributed by atoms with E-state index >= 15 is 0 Å². The van der Waals surface area contributed by atoms with Gasteiger partial charge >= 0.3 is 13.4 Å². The fourth-order valence-corrected chi connectivity index (χ4v) is 3.73. The van der Waals surface area contributed by atoms with E-state index in [1.165, 1.54) is 4.90 Å². The number of halogens is 1. The van der Waals surface area contributed by atoms with Crippen LogP contribution in [0.5, 0.6) is 0 Å². The lowest BCUT2D eigenvalue weighted by Crippen LogP contribution is -3.00. The minimum absolute atomic E-state index is 0. The van der Waals surface area contributed by atoms with Crippen LogP contribution >= 0.6 is 0 Å².